The van der Waals surface area contributed by atoms with Crippen LogP contribution in [-0.4, -0.2) is 100 Å². The summed E-state index contributed by atoms with van der Waals surface area (Å²) in [6.45, 7) is 17.4. The number of aromatic amines is 1. The first kappa shape index (κ1) is 34.3. The number of hydrogen-bond donors (Lipinski definition) is 3. The predicted molar refractivity (Wildman–Crippen MR) is 184 cm³/mol. The molecule has 0 saturated carbocycles. The van der Waals surface area contributed by atoms with Crippen molar-refractivity contribution in [3.05, 3.63) is 54.4 Å². The molecule has 1 fully saturated rings. The number of ether oxygens (including phenoxy) is 3. The third kappa shape index (κ3) is 8.85. The van der Waals surface area contributed by atoms with Gasteiger partial charge in [-0.2, -0.15) is 0 Å². The predicted octanol–water partition coefficient (Wildman–Crippen LogP) is 5.98. The molecule has 3 N–H and O–H groups in total. The van der Waals surface area contributed by atoms with Crippen LogP contribution in [0.25, 0.3) is 32.9 Å². The molecule has 3 heterocycles. The van der Waals surface area contributed by atoms with Gasteiger partial charge in [0, 0.05) is 79.9 Å². The van der Waals surface area contributed by atoms with Gasteiger partial charge in [0.1, 0.15) is 17.0 Å². The number of nitrogens with one attached hydrogen (secondary N) is 2. The summed E-state index contributed by atoms with van der Waals surface area (Å²) in [5.74, 6) is 0.712. The highest BCUT2D eigenvalue weighted by Crippen LogP contribution is 2.38. The van der Waals surface area contributed by atoms with E-state index in [1.807, 2.05) is 72.1 Å². The van der Waals surface area contributed by atoms with Crippen molar-refractivity contribution in [3.8, 4) is 17.0 Å². The molecule has 2 aromatic heterocycles. The highest BCUT2D eigenvalue weighted by atomic mass is 16.6. The number of benzene rings is 2. The van der Waals surface area contributed by atoms with Crippen LogP contribution in [0.2, 0.25) is 0 Å². The summed E-state index contributed by atoms with van der Waals surface area (Å²) in [5.41, 5.74) is 2.37. The number of nitrogens with zero attached hydrogens (tertiary/aromatic N) is 3. The Labute approximate surface area is 276 Å². The third-order valence-electron chi connectivity index (χ3n) is 7.95. The quantitative estimate of drug-likeness (QED) is 0.180. The number of piperazine rings is 1. The van der Waals surface area contributed by atoms with Gasteiger partial charge in [-0.15, -0.1) is 0 Å². The number of amides is 1. The number of rotatable bonds is 10. The summed E-state index contributed by atoms with van der Waals surface area (Å²) >= 11 is 0. The van der Waals surface area contributed by atoms with Gasteiger partial charge in [0.25, 0.3) is 0 Å². The van der Waals surface area contributed by atoms with E-state index in [-0.39, 0.29) is 6.61 Å². The van der Waals surface area contributed by atoms with Gasteiger partial charge >= 0.3 is 12.2 Å². The number of carbonyl (C=O) groups is 2. The highest BCUT2D eigenvalue weighted by molar-refractivity contribution is 6.04. The number of alkyl carbamates (subject to hydrolysis) is 1. The van der Waals surface area contributed by atoms with E-state index in [9.17, 15) is 14.7 Å². The summed E-state index contributed by atoms with van der Waals surface area (Å²) in [6.07, 6.45) is 3.55. The zero-order valence-corrected chi connectivity index (χ0v) is 28.5. The van der Waals surface area contributed by atoms with Crippen molar-refractivity contribution in [1.29, 1.82) is 0 Å². The van der Waals surface area contributed by atoms with Crippen molar-refractivity contribution in [3.63, 3.8) is 0 Å². The van der Waals surface area contributed by atoms with E-state index in [1.54, 1.807) is 4.57 Å². The molecule has 11 heteroatoms. The average Bonchev–Trinajstić information content (AvgIpc) is 3.62. The lowest BCUT2D eigenvalue weighted by molar-refractivity contribution is 0.0520. The molecule has 1 amide bonds. The van der Waals surface area contributed by atoms with E-state index in [0.29, 0.717) is 25.3 Å². The maximum Gasteiger partial charge on any atom is 0.419 e. The minimum Gasteiger partial charge on any atom is -0.493 e. The van der Waals surface area contributed by atoms with Gasteiger partial charge in [0.05, 0.1) is 24.4 Å². The Balaban J connectivity index is 1.38. The number of carbonyl (C=O) groups excluding carboxylic acids is 2. The van der Waals surface area contributed by atoms with Gasteiger partial charge in [-0.3, -0.25) is 9.80 Å². The van der Waals surface area contributed by atoms with Crippen molar-refractivity contribution in [2.75, 3.05) is 52.5 Å². The summed E-state index contributed by atoms with van der Waals surface area (Å²) in [7, 11) is 0. The average molecular weight is 648 g/mol. The minimum absolute atomic E-state index is 0.188. The van der Waals surface area contributed by atoms with Gasteiger partial charge < -0.3 is 29.6 Å². The number of hydrogen-bond acceptors (Lipinski definition) is 8. The molecule has 47 heavy (non-hydrogen) atoms. The molecule has 1 aliphatic heterocycles. The Hall–Kier alpha value is -4.06. The number of aromatic nitrogens is 2. The van der Waals surface area contributed by atoms with Crippen LogP contribution in [0.3, 0.4) is 0 Å². The molecule has 1 aliphatic rings. The Morgan fingerprint density at radius 2 is 1.60 bits per heavy atom. The first-order valence-corrected chi connectivity index (χ1v) is 16.4. The lowest BCUT2D eigenvalue weighted by atomic mass is 10.0. The first-order chi connectivity index (χ1) is 22.3. The summed E-state index contributed by atoms with van der Waals surface area (Å²) in [5, 5.41) is 14.8. The summed E-state index contributed by atoms with van der Waals surface area (Å²) in [4.78, 5) is 33.6. The second-order valence-corrected chi connectivity index (χ2v) is 14.1. The van der Waals surface area contributed by atoms with Crippen LogP contribution in [0.4, 0.5) is 9.59 Å². The topological polar surface area (TPSA) is 121 Å². The molecule has 0 bridgehead atoms. The van der Waals surface area contributed by atoms with Crippen LogP contribution in [-0.2, 0) is 16.0 Å². The fraction of sp³-hybridized carbons (Fsp3) is 0.500. The van der Waals surface area contributed by atoms with E-state index < -0.39 is 23.4 Å². The van der Waals surface area contributed by atoms with Crippen molar-refractivity contribution >= 4 is 33.9 Å². The van der Waals surface area contributed by atoms with Gasteiger partial charge in [-0.1, -0.05) is 6.07 Å². The molecule has 0 radical (unpaired) electrons. The number of H-pyrrole nitrogens is 1. The fourth-order valence-electron chi connectivity index (χ4n) is 5.87. The van der Waals surface area contributed by atoms with Crippen molar-refractivity contribution < 1.29 is 28.9 Å². The van der Waals surface area contributed by atoms with Gasteiger partial charge in [-0.25, -0.2) is 14.2 Å². The van der Waals surface area contributed by atoms with E-state index in [1.165, 1.54) is 5.56 Å². The Bertz CT molecular complexity index is 1690. The lowest BCUT2D eigenvalue weighted by Crippen LogP contribution is -2.46. The van der Waals surface area contributed by atoms with Gasteiger partial charge in [0.2, 0.25) is 0 Å². The third-order valence-corrected chi connectivity index (χ3v) is 7.95. The van der Waals surface area contributed by atoms with Crippen LogP contribution >= 0.6 is 0 Å². The minimum atomic E-state index is -0.664. The molecule has 0 unspecified atom stereocenters. The van der Waals surface area contributed by atoms with Gasteiger partial charge in [0.15, 0.2) is 0 Å². The van der Waals surface area contributed by atoms with Crippen molar-refractivity contribution in [2.24, 2.45) is 0 Å². The molecule has 1 saturated heterocycles. The summed E-state index contributed by atoms with van der Waals surface area (Å²) in [6, 6.07) is 12.2. The molecular weight excluding hydrogens is 598 g/mol. The van der Waals surface area contributed by atoms with E-state index in [2.05, 4.69) is 38.3 Å². The number of fused-ring (bicyclic) bond motifs is 2. The van der Waals surface area contributed by atoms with Crippen molar-refractivity contribution in [2.45, 2.75) is 65.7 Å². The van der Waals surface area contributed by atoms with Crippen LogP contribution in [0.1, 0.15) is 53.5 Å². The number of aliphatic hydroxyl groups is 1. The molecule has 254 valence electrons. The molecule has 0 spiro atoms. The SMILES string of the molecule is CC(C)(C)OC(=O)NCCCOc1ccc(-c2cc3cc(CN4CCN(CCO)CC4)ccc3n2C(=O)OC(C)(C)C)c2c[nH]cc12. The normalized spacial score (nSPS) is 14.9. The zero-order chi connectivity index (χ0) is 33.8. The van der Waals surface area contributed by atoms with Gasteiger partial charge in [-0.05, 0) is 83.9 Å². The molecule has 5 rings (SSSR count). The Kier molecular flexibility index (Phi) is 10.5. The Morgan fingerprint density at radius 1 is 0.894 bits per heavy atom. The molecular formula is C36H49N5O6. The fourth-order valence-corrected chi connectivity index (χ4v) is 5.87. The molecule has 0 atom stereocenters. The zero-order valence-electron chi connectivity index (χ0n) is 28.5. The highest BCUT2D eigenvalue weighted by Gasteiger charge is 2.25. The van der Waals surface area contributed by atoms with E-state index in [0.717, 1.165) is 72.2 Å². The lowest BCUT2D eigenvalue weighted by Gasteiger charge is -2.34. The monoisotopic (exact) mass is 647 g/mol. The van der Waals surface area contributed by atoms with Crippen LogP contribution < -0.4 is 10.1 Å². The second-order valence-electron chi connectivity index (χ2n) is 14.1. The molecule has 11 nitrogen and oxygen atoms in total. The van der Waals surface area contributed by atoms with Crippen LogP contribution in [0, 0.1) is 0 Å². The first-order valence-electron chi connectivity index (χ1n) is 16.4. The second kappa shape index (κ2) is 14.4. The molecule has 4 aromatic rings. The maximum atomic E-state index is 13.7. The number of β-amino-alcohol motifs (C(OH)–C–C–N with tert-alkyl or cyclic N) is 1. The van der Waals surface area contributed by atoms with Crippen LogP contribution in [0.15, 0.2) is 48.8 Å². The molecule has 0 aliphatic carbocycles. The summed E-state index contributed by atoms with van der Waals surface area (Å²) < 4.78 is 19.0. The van der Waals surface area contributed by atoms with E-state index >= 15 is 0 Å². The smallest absolute Gasteiger partial charge is 0.419 e. The molecule has 2 aromatic carbocycles. The Morgan fingerprint density at radius 3 is 2.30 bits per heavy atom. The maximum absolute atomic E-state index is 13.7. The van der Waals surface area contributed by atoms with E-state index in [4.69, 9.17) is 14.2 Å². The van der Waals surface area contributed by atoms with Crippen molar-refractivity contribution in [1.82, 2.24) is 24.7 Å². The van der Waals surface area contributed by atoms with Crippen LogP contribution in [0.5, 0.6) is 5.75 Å². The largest absolute Gasteiger partial charge is 0.493 e. The number of aliphatic hydroxyl groups excluding tert-OH is 1. The standard InChI is InChI=1S/C36H49N5O6/c1-35(2,3)46-33(43)38-12-7-19-45-32-11-9-27(28-22-37-23-29(28)32)31-21-26-20-25(24-40-15-13-39(14-16-40)17-18-42)8-10-30(26)41(31)34(44)47-36(4,5)6/h8-11,20-23,37,42H,7,12-19,24H2,1-6H3,(H,38,43).